The lowest BCUT2D eigenvalue weighted by molar-refractivity contribution is 0.398. The van der Waals surface area contributed by atoms with Crippen molar-refractivity contribution in [2.45, 2.75) is 71.3 Å². The third kappa shape index (κ3) is 6.78. The number of hydrogen-bond acceptors (Lipinski definition) is 3. The highest BCUT2D eigenvalue weighted by Crippen LogP contribution is 2.18. The summed E-state index contributed by atoms with van der Waals surface area (Å²) in [6.45, 7) is 4.51. The van der Waals surface area contributed by atoms with Gasteiger partial charge in [0.2, 0.25) is 5.88 Å². The number of methoxy groups -OCH3 is 1. The van der Waals surface area contributed by atoms with Gasteiger partial charge < -0.3 is 10.1 Å². The van der Waals surface area contributed by atoms with E-state index in [0.29, 0.717) is 11.9 Å². The van der Waals surface area contributed by atoms with E-state index in [1.54, 1.807) is 7.11 Å². The van der Waals surface area contributed by atoms with E-state index in [2.05, 4.69) is 30.2 Å². The Morgan fingerprint density at radius 1 is 1.05 bits per heavy atom. The van der Waals surface area contributed by atoms with Gasteiger partial charge in [0.25, 0.3) is 0 Å². The molecule has 0 aromatic carbocycles. The van der Waals surface area contributed by atoms with Crippen LogP contribution in [0.3, 0.4) is 0 Å². The second-order valence-corrected chi connectivity index (χ2v) is 5.42. The normalized spacial score (nSPS) is 10.8. The first-order valence-corrected chi connectivity index (χ1v) is 8.06. The molecule has 1 heterocycles. The summed E-state index contributed by atoms with van der Waals surface area (Å²) in [5.41, 5.74) is 1.10. The van der Waals surface area contributed by atoms with Gasteiger partial charge in [-0.15, -0.1) is 0 Å². The Morgan fingerprint density at radius 3 is 2.15 bits per heavy atom. The van der Waals surface area contributed by atoms with Crippen LogP contribution in [0.2, 0.25) is 0 Å². The van der Waals surface area contributed by atoms with Crippen LogP contribution < -0.4 is 10.1 Å². The first-order chi connectivity index (χ1) is 9.80. The predicted octanol–water partition coefficient (Wildman–Crippen LogP) is 5.03. The highest BCUT2D eigenvalue weighted by Gasteiger charge is 2.08. The molecule has 0 bridgehead atoms. The largest absolute Gasteiger partial charge is 0.481 e. The van der Waals surface area contributed by atoms with Crippen LogP contribution in [0.5, 0.6) is 5.88 Å². The molecule has 0 aliphatic carbocycles. The highest BCUT2D eigenvalue weighted by molar-refractivity contribution is 5.42. The lowest BCUT2D eigenvalue weighted by Crippen LogP contribution is -2.19. The first-order valence-electron chi connectivity index (χ1n) is 8.06. The molecule has 0 spiro atoms. The molecule has 0 aliphatic rings. The Morgan fingerprint density at radius 2 is 1.70 bits per heavy atom. The fourth-order valence-electron chi connectivity index (χ4n) is 2.39. The first kappa shape index (κ1) is 16.8. The summed E-state index contributed by atoms with van der Waals surface area (Å²) >= 11 is 0. The Balaban J connectivity index is 2.47. The maximum absolute atomic E-state index is 5.09. The number of aromatic nitrogens is 1. The van der Waals surface area contributed by atoms with Gasteiger partial charge in [-0.25, -0.2) is 4.98 Å². The van der Waals surface area contributed by atoms with E-state index in [4.69, 9.17) is 4.74 Å². The molecule has 0 saturated carbocycles. The summed E-state index contributed by atoms with van der Waals surface area (Å²) < 4.78 is 5.09. The zero-order chi connectivity index (χ0) is 14.6. The molecule has 0 fully saturated rings. The van der Waals surface area contributed by atoms with Gasteiger partial charge in [-0.05, 0) is 18.9 Å². The average Bonchev–Trinajstić information content (AvgIpc) is 2.48. The minimum atomic E-state index is 0.572. The molecule has 0 amide bonds. The molecular weight excluding hydrogens is 248 g/mol. The summed E-state index contributed by atoms with van der Waals surface area (Å²) in [4.78, 5) is 4.26. The van der Waals surface area contributed by atoms with Crippen molar-refractivity contribution in [3.05, 3.63) is 18.3 Å². The Kier molecular flexibility index (Phi) is 8.84. The van der Waals surface area contributed by atoms with Crippen LogP contribution in [0.1, 0.15) is 65.2 Å². The topological polar surface area (TPSA) is 34.1 Å². The Hall–Kier alpha value is -1.25. The van der Waals surface area contributed by atoms with Gasteiger partial charge in [-0.1, -0.05) is 52.4 Å². The number of pyridine rings is 1. The third-order valence-electron chi connectivity index (χ3n) is 3.63. The SMILES string of the molecule is CCCCCC(CCCCC)Nc1ccc(OC)nc1. The van der Waals surface area contributed by atoms with Crippen molar-refractivity contribution in [1.29, 1.82) is 0 Å². The van der Waals surface area contributed by atoms with E-state index in [9.17, 15) is 0 Å². The fraction of sp³-hybridized carbons (Fsp3) is 0.706. The minimum Gasteiger partial charge on any atom is -0.481 e. The average molecular weight is 278 g/mol. The summed E-state index contributed by atoms with van der Waals surface area (Å²) in [5.74, 6) is 0.670. The lowest BCUT2D eigenvalue weighted by atomic mass is 10.0. The van der Waals surface area contributed by atoms with Gasteiger partial charge in [-0.2, -0.15) is 0 Å². The molecule has 0 aliphatic heterocycles. The van der Waals surface area contributed by atoms with Gasteiger partial charge in [0.15, 0.2) is 0 Å². The van der Waals surface area contributed by atoms with Crippen molar-refractivity contribution in [2.75, 3.05) is 12.4 Å². The Bertz CT molecular complexity index is 327. The molecule has 0 unspecified atom stereocenters. The van der Waals surface area contributed by atoms with Crippen LogP contribution in [-0.2, 0) is 0 Å². The van der Waals surface area contributed by atoms with Crippen molar-refractivity contribution < 1.29 is 4.74 Å². The maximum atomic E-state index is 5.09. The van der Waals surface area contributed by atoms with Crippen molar-refractivity contribution in [3.8, 4) is 5.88 Å². The number of ether oxygens (including phenoxy) is 1. The summed E-state index contributed by atoms with van der Waals surface area (Å²) in [6, 6.07) is 4.54. The van der Waals surface area contributed by atoms with Crippen LogP contribution in [-0.4, -0.2) is 18.1 Å². The molecule has 3 heteroatoms. The highest BCUT2D eigenvalue weighted by atomic mass is 16.5. The summed E-state index contributed by atoms with van der Waals surface area (Å²) in [7, 11) is 1.65. The Labute approximate surface area is 124 Å². The van der Waals surface area contributed by atoms with Crippen LogP contribution in [0.25, 0.3) is 0 Å². The van der Waals surface area contributed by atoms with E-state index < -0.39 is 0 Å². The van der Waals surface area contributed by atoms with E-state index in [1.165, 1.54) is 51.4 Å². The number of hydrogen-bond donors (Lipinski definition) is 1. The molecule has 20 heavy (non-hydrogen) atoms. The standard InChI is InChI=1S/C17H30N2O/c1-4-6-8-10-15(11-9-7-5-2)19-16-12-13-17(20-3)18-14-16/h12-15,19H,4-11H2,1-3H3. The minimum absolute atomic E-state index is 0.572. The van der Waals surface area contributed by atoms with Gasteiger partial charge in [0.05, 0.1) is 19.0 Å². The zero-order valence-electron chi connectivity index (χ0n) is 13.3. The second kappa shape index (κ2) is 10.5. The number of nitrogens with one attached hydrogen (secondary N) is 1. The van der Waals surface area contributed by atoms with E-state index in [-0.39, 0.29) is 0 Å². The number of unbranched alkanes of at least 4 members (excludes halogenated alkanes) is 4. The van der Waals surface area contributed by atoms with Gasteiger partial charge >= 0.3 is 0 Å². The smallest absolute Gasteiger partial charge is 0.213 e. The monoisotopic (exact) mass is 278 g/mol. The van der Waals surface area contributed by atoms with E-state index >= 15 is 0 Å². The molecule has 0 saturated heterocycles. The molecule has 1 aromatic rings. The fourth-order valence-corrected chi connectivity index (χ4v) is 2.39. The zero-order valence-corrected chi connectivity index (χ0v) is 13.3. The van der Waals surface area contributed by atoms with E-state index in [1.807, 2.05) is 12.3 Å². The van der Waals surface area contributed by atoms with Gasteiger partial charge in [0.1, 0.15) is 0 Å². The van der Waals surface area contributed by atoms with Gasteiger partial charge in [0, 0.05) is 12.1 Å². The van der Waals surface area contributed by atoms with Crippen LogP contribution in [0, 0.1) is 0 Å². The van der Waals surface area contributed by atoms with Crippen LogP contribution in [0.4, 0.5) is 5.69 Å². The van der Waals surface area contributed by atoms with Crippen molar-refractivity contribution >= 4 is 5.69 Å². The van der Waals surface area contributed by atoms with E-state index in [0.717, 1.165) is 5.69 Å². The summed E-state index contributed by atoms with van der Waals surface area (Å²) in [6.07, 6.45) is 12.2. The molecule has 3 nitrogen and oxygen atoms in total. The third-order valence-corrected chi connectivity index (χ3v) is 3.63. The molecule has 0 atom stereocenters. The van der Waals surface area contributed by atoms with Crippen molar-refractivity contribution in [1.82, 2.24) is 4.98 Å². The molecule has 114 valence electrons. The maximum Gasteiger partial charge on any atom is 0.213 e. The lowest BCUT2D eigenvalue weighted by Gasteiger charge is -2.20. The van der Waals surface area contributed by atoms with Crippen molar-refractivity contribution in [3.63, 3.8) is 0 Å². The quantitative estimate of drug-likeness (QED) is 0.576. The molecule has 1 N–H and O–H groups in total. The van der Waals surface area contributed by atoms with Crippen LogP contribution in [0.15, 0.2) is 18.3 Å². The predicted molar refractivity (Wildman–Crippen MR) is 86.5 cm³/mol. The molecule has 1 rings (SSSR count). The molecular formula is C17H30N2O. The number of rotatable bonds is 11. The van der Waals surface area contributed by atoms with Gasteiger partial charge in [-0.3, -0.25) is 0 Å². The molecule has 0 radical (unpaired) electrons. The molecule has 1 aromatic heterocycles. The summed E-state index contributed by atoms with van der Waals surface area (Å²) in [5, 5.41) is 3.63. The number of anilines is 1. The van der Waals surface area contributed by atoms with Crippen LogP contribution >= 0.6 is 0 Å². The second-order valence-electron chi connectivity index (χ2n) is 5.42. The number of nitrogens with zero attached hydrogens (tertiary/aromatic N) is 1. The van der Waals surface area contributed by atoms with Crippen molar-refractivity contribution in [2.24, 2.45) is 0 Å².